The Morgan fingerprint density at radius 1 is 1.38 bits per heavy atom. The van der Waals surface area contributed by atoms with Gasteiger partial charge in [-0.2, -0.15) is 18.8 Å². The van der Waals surface area contributed by atoms with Crippen molar-refractivity contribution >= 4 is 11.8 Å². The minimum absolute atomic E-state index is 1.02. The zero-order valence-corrected chi connectivity index (χ0v) is 6.50. The smallest absolute Gasteiger partial charge is 0.00708 e. The van der Waals surface area contributed by atoms with Gasteiger partial charge < -0.3 is 5.32 Å². The Morgan fingerprint density at radius 2 is 2.12 bits per heavy atom. The second-order valence-corrected chi connectivity index (χ2v) is 2.88. The second kappa shape index (κ2) is 7.31. The predicted molar refractivity (Wildman–Crippen MR) is 41.8 cm³/mol. The average Bonchev–Trinajstić information content (AvgIpc) is 1.81. The molecule has 0 aromatic rings. The van der Waals surface area contributed by atoms with Crippen molar-refractivity contribution in [3.05, 3.63) is 5.32 Å². The van der Waals surface area contributed by atoms with E-state index in [0.717, 1.165) is 6.54 Å². The Labute approximate surface area is 56.2 Å². The largest absolute Gasteiger partial charge is 0.664 e. The molecule has 0 N–H and O–H groups in total. The molecule has 0 aliphatic carbocycles. The standard InChI is InChI=1S/C6H14NS/c1-3-5-8-6-4-7-2/h3-6H2,1-2H3/q-1. The molecule has 0 aromatic heterocycles. The summed E-state index contributed by atoms with van der Waals surface area (Å²) in [6, 6.07) is 0. The van der Waals surface area contributed by atoms with Crippen molar-refractivity contribution in [2.24, 2.45) is 0 Å². The predicted octanol–water partition coefficient (Wildman–Crippen LogP) is 2.13. The fraction of sp³-hybridized carbons (Fsp3) is 1.00. The first-order chi connectivity index (χ1) is 3.91. The minimum atomic E-state index is 1.02. The molecule has 0 amide bonds. The summed E-state index contributed by atoms with van der Waals surface area (Å²) in [7, 11) is 1.87. The highest BCUT2D eigenvalue weighted by molar-refractivity contribution is 7.99. The SMILES string of the molecule is CCCSCC[N-]C. The van der Waals surface area contributed by atoms with E-state index in [1.165, 1.54) is 17.9 Å². The van der Waals surface area contributed by atoms with E-state index in [4.69, 9.17) is 0 Å². The van der Waals surface area contributed by atoms with Gasteiger partial charge in [-0.15, -0.1) is 6.54 Å². The lowest BCUT2D eigenvalue weighted by Crippen LogP contribution is -1.86. The maximum Gasteiger partial charge on any atom is -0.00708 e. The van der Waals surface area contributed by atoms with Gasteiger partial charge in [0.1, 0.15) is 0 Å². The molecule has 0 aromatic carbocycles. The Kier molecular flexibility index (Phi) is 7.59. The minimum Gasteiger partial charge on any atom is -0.664 e. The first kappa shape index (κ1) is 8.31. The van der Waals surface area contributed by atoms with E-state index >= 15 is 0 Å². The number of hydrogen-bond acceptors (Lipinski definition) is 1. The average molecular weight is 132 g/mol. The van der Waals surface area contributed by atoms with Crippen LogP contribution in [0.3, 0.4) is 0 Å². The van der Waals surface area contributed by atoms with Crippen LogP contribution in [-0.2, 0) is 0 Å². The molecule has 1 nitrogen and oxygen atoms in total. The monoisotopic (exact) mass is 132 g/mol. The molecule has 0 aliphatic rings. The third-order valence-electron chi connectivity index (χ3n) is 0.808. The molecule has 0 bridgehead atoms. The summed E-state index contributed by atoms with van der Waals surface area (Å²) in [4.78, 5) is 0. The molecule has 0 saturated carbocycles. The van der Waals surface area contributed by atoms with Crippen LogP contribution in [0.5, 0.6) is 0 Å². The van der Waals surface area contributed by atoms with E-state index < -0.39 is 0 Å². The maximum atomic E-state index is 3.99. The fourth-order valence-corrected chi connectivity index (χ4v) is 1.21. The Bertz CT molecular complexity index is 33.5. The molecule has 0 radical (unpaired) electrons. The Morgan fingerprint density at radius 3 is 2.62 bits per heavy atom. The van der Waals surface area contributed by atoms with Gasteiger partial charge in [0.05, 0.1) is 0 Å². The molecule has 0 aliphatic heterocycles. The molecule has 0 spiro atoms. The van der Waals surface area contributed by atoms with Crippen LogP contribution in [0.1, 0.15) is 13.3 Å². The van der Waals surface area contributed by atoms with Crippen LogP contribution >= 0.6 is 11.8 Å². The summed E-state index contributed by atoms with van der Waals surface area (Å²) in [6.07, 6.45) is 1.29. The molecule has 0 rings (SSSR count). The Balaban J connectivity index is 2.53. The normalized spacial score (nSPS) is 9.75. The van der Waals surface area contributed by atoms with Crippen LogP contribution in [0.25, 0.3) is 5.32 Å². The Hall–Kier alpha value is 0.310. The molecule has 50 valence electrons. The number of thioether (sulfide) groups is 1. The van der Waals surface area contributed by atoms with E-state index in [1.807, 2.05) is 18.8 Å². The van der Waals surface area contributed by atoms with Crippen molar-refractivity contribution in [3.63, 3.8) is 0 Å². The summed E-state index contributed by atoms with van der Waals surface area (Å²) in [5, 5.41) is 3.99. The van der Waals surface area contributed by atoms with Gasteiger partial charge in [0.25, 0.3) is 0 Å². The number of hydrogen-bond donors (Lipinski definition) is 0. The first-order valence-electron chi connectivity index (χ1n) is 3.05. The van der Waals surface area contributed by atoms with E-state index in [-0.39, 0.29) is 0 Å². The van der Waals surface area contributed by atoms with E-state index in [2.05, 4.69) is 12.2 Å². The summed E-state index contributed by atoms with van der Waals surface area (Å²) >= 11 is 1.98. The van der Waals surface area contributed by atoms with E-state index in [1.54, 1.807) is 0 Å². The third-order valence-corrected chi connectivity index (χ3v) is 1.98. The quantitative estimate of drug-likeness (QED) is 0.523. The summed E-state index contributed by atoms with van der Waals surface area (Å²) < 4.78 is 0. The topological polar surface area (TPSA) is 14.1 Å². The van der Waals surface area contributed by atoms with Crippen molar-refractivity contribution in [3.8, 4) is 0 Å². The molecule has 0 saturated heterocycles. The van der Waals surface area contributed by atoms with Crippen LogP contribution in [0.4, 0.5) is 0 Å². The number of rotatable bonds is 5. The van der Waals surface area contributed by atoms with Crippen LogP contribution < -0.4 is 0 Å². The lowest BCUT2D eigenvalue weighted by atomic mass is 10.6. The number of nitrogens with zero attached hydrogens (tertiary/aromatic N) is 1. The third kappa shape index (κ3) is 6.31. The highest BCUT2D eigenvalue weighted by Crippen LogP contribution is 2.01. The lowest BCUT2D eigenvalue weighted by Gasteiger charge is -2.08. The van der Waals surface area contributed by atoms with Crippen molar-refractivity contribution in [1.82, 2.24) is 0 Å². The zero-order valence-electron chi connectivity index (χ0n) is 5.68. The fourth-order valence-electron chi connectivity index (χ4n) is 0.402. The molecule has 8 heavy (non-hydrogen) atoms. The van der Waals surface area contributed by atoms with E-state index in [9.17, 15) is 0 Å². The lowest BCUT2D eigenvalue weighted by molar-refractivity contribution is 1.10. The van der Waals surface area contributed by atoms with Gasteiger partial charge in [-0.05, 0) is 17.9 Å². The molecule has 0 atom stereocenters. The van der Waals surface area contributed by atoms with Crippen molar-refractivity contribution in [2.75, 3.05) is 25.1 Å². The highest BCUT2D eigenvalue weighted by Gasteiger charge is 1.78. The summed E-state index contributed by atoms with van der Waals surface area (Å²) in [5.74, 6) is 2.49. The van der Waals surface area contributed by atoms with Crippen molar-refractivity contribution in [1.29, 1.82) is 0 Å². The van der Waals surface area contributed by atoms with Crippen molar-refractivity contribution in [2.45, 2.75) is 13.3 Å². The van der Waals surface area contributed by atoms with Gasteiger partial charge in [-0.1, -0.05) is 6.92 Å². The van der Waals surface area contributed by atoms with Crippen LogP contribution in [-0.4, -0.2) is 25.1 Å². The zero-order chi connectivity index (χ0) is 6.24. The highest BCUT2D eigenvalue weighted by atomic mass is 32.2. The molecular formula is C6H14NS-. The summed E-state index contributed by atoms with van der Waals surface area (Å²) in [6.45, 7) is 3.22. The first-order valence-corrected chi connectivity index (χ1v) is 4.20. The van der Waals surface area contributed by atoms with Gasteiger partial charge in [0.2, 0.25) is 0 Å². The molecule has 0 unspecified atom stereocenters. The van der Waals surface area contributed by atoms with Crippen LogP contribution in [0.2, 0.25) is 0 Å². The van der Waals surface area contributed by atoms with Gasteiger partial charge in [-0.3, -0.25) is 0 Å². The van der Waals surface area contributed by atoms with Crippen LogP contribution in [0.15, 0.2) is 0 Å². The molecular weight excluding hydrogens is 118 g/mol. The van der Waals surface area contributed by atoms with Crippen LogP contribution in [0, 0.1) is 0 Å². The van der Waals surface area contributed by atoms with Gasteiger partial charge >= 0.3 is 0 Å². The molecule has 0 fully saturated rings. The maximum absolute atomic E-state index is 3.99. The van der Waals surface area contributed by atoms with E-state index in [0.29, 0.717) is 0 Å². The van der Waals surface area contributed by atoms with Gasteiger partial charge in [-0.25, -0.2) is 0 Å². The molecule has 0 heterocycles. The van der Waals surface area contributed by atoms with Gasteiger partial charge in [0.15, 0.2) is 0 Å². The molecule has 2 heteroatoms. The second-order valence-electron chi connectivity index (χ2n) is 1.65. The van der Waals surface area contributed by atoms with Gasteiger partial charge in [0, 0.05) is 0 Å². The summed E-state index contributed by atoms with van der Waals surface area (Å²) in [5.41, 5.74) is 0. The van der Waals surface area contributed by atoms with Crippen molar-refractivity contribution < 1.29 is 0 Å².